The number of carbonyl (C=O) groups excluding carboxylic acids is 1. The van der Waals surface area contributed by atoms with Crippen LogP contribution in [0.25, 0.3) is 0 Å². The normalized spacial score (nSPS) is 9.50. The fourth-order valence-electron chi connectivity index (χ4n) is 1.35. The van der Waals surface area contributed by atoms with Gasteiger partial charge in [-0.1, -0.05) is 12.8 Å². The number of Topliss-reactive ketones (excluding diaryl/α,β-unsaturated/α-hetero) is 1. The summed E-state index contributed by atoms with van der Waals surface area (Å²) >= 11 is 0. The number of nitrogens with zero attached hydrogens (tertiary/aromatic N) is 1. The van der Waals surface area contributed by atoms with Crippen LogP contribution in [0.2, 0.25) is 0 Å². The summed E-state index contributed by atoms with van der Waals surface area (Å²) < 4.78 is 0. The molecule has 0 unspecified atom stereocenters. The largest absolute Gasteiger partial charge is 0.294 e. The average molecular weight is 217 g/mol. The SMILES string of the molecule is C#Cc1ccc(C(=O)CCC)cc1[N+](=O)[O-]. The first-order valence-corrected chi connectivity index (χ1v) is 4.88. The van der Waals surface area contributed by atoms with Crippen LogP contribution in [0, 0.1) is 22.5 Å². The summed E-state index contributed by atoms with van der Waals surface area (Å²) in [6.07, 6.45) is 6.23. The van der Waals surface area contributed by atoms with Crippen molar-refractivity contribution in [2.24, 2.45) is 0 Å². The lowest BCUT2D eigenvalue weighted by Gasteiger charge is -2.00. The van der Waals surface area contributed by atoms with Gasteiger partial charge in [0.25, 0.3) is 5.69 Å². The molecule has 0 N–H and O–H groups in total. The fraction of sp³-hybridized carbons (Fsp3) is 0.250. The molecule has 0 saturated carbocycles. The first-order chi connectivity index (χ1) is 7.60. The predicted octanol–water partition coefficient (Wildman–Crippen LogP) is 2.56. The molecule has 0 fully saturated rings. The Kier molecular flexibility index (Phi) is 3.78. The van der Waals surface area contributed by atoms with Crippen molar-refractivity contribution in [3.63, 3.8) is 0 Å². The number of carbonyl (C=O) groups is 1. The number of nitro benzene ring substituents is 1. The number of hydrogen-bond donors (Lipinski definition) is 0. The van der Waals surface area contributed by atoms with Gasteiger partial charge in [0, 0.05) is 18.1 Å². The van der Waals surface area contributed by atoms with E-state index in [1.54, 1.807) is 0 Å². The molecular formula is C12H11NO3. The van der Waals surface area contributed by atoms with Gasteiger partial charge in [0.15, 0.2) is 5.78 Å². The van der Waals surface area contributed by atoms with Crippen LogP contribution in [-0.2, 0) is 0 Å². The molecule has 82 valence electrons. The topological polar surface area (TPSA) is 60.2 Å². The van der Waals surface area contributed by atoms with Crippen LogP contribution in [0.1, 0.15) is 35.7 Å². The number of rotatable bonds is 4. The summed E-state index contributed by atoms with van der Waals surface area (Å²) in [5.41, 5.74) is 0.343. The Hall–Kier alpha value is -2.15. The van der Waals surface area contributed by atoms with Gasteiger partial charge in [0.1, 0.15) is 5.56 Å². The van der Waals surface area contributed by atoms with Crippen LogP contribution in [-0.4, -0.2) is 10.7 Å². The number of terminal acetylenes is 1. The second-order valence-corrected chi connectivity index (χ2v) is 3.31. The van der Waals surface area contributed by atoms with E-state index in [-0.39, 0.29) is 17.0 Å². The summed E-state index contributed by atoms with van der Waals surface area (Å²) in [4.78, 5) is 21.7. The summed E-state index contributed by atoms with van der Waals surface area (Å²) in [6, 6.07) is 4.20. The maximum atomic E-state index is 11.5. The Morgan fingerprint density at radius 3 is 2.75 bits per heavy atom. The van der Waals surface area contributed by atoms with E-state index in [2.05, 4.69) is 5.92 Å². The molecule has 0 aliphatic rings. The first-order valence-electron chi connectivity index (χ1n) is 4.88. The minimum Gasteiger partial charge on any atom is -0.294 e. The van der Waals surface area contributed by atoms with Crippen molar-refractivity contribution in [3.05, 3.63) is 39.4 Å². The molecule has 0 atom stereocenters. The molecule has 0 aromatic heterocycles. The van der Waals surface area contributed by atoms with E-state index < -0.39 is 4.92 Å². The molecule has 4 heteroatoms. The van der Waals surface area contributed by atoms with Gasteiger partial charge in [-0.25, -0.2) is 0 Å². The van der Waals surface area contributed by atoms with E-state index in [1.165, 1.54) is 18.2 Å². The summed E-state index contributed by atoms with van der Waals surface area (Å²) in [7, 11) is 0. The molecule has 1 aromatic carbocycles. The Bertz CT molecular complexity index is 472. The van der Waals surface area contributed by atoms with E-state index >= 15 is 0 Å². The molecular weight excluding hydrogens is 206 g/mol. The van der Waals surface area contributed by atoms with E-state index in [1.807, 2.05) is 6.92 Å². The highest BCUT2D eigenvalue weighted by Crippen LogP contribution is 2.20. The molecule has 0 heterocycles. The molecule has 0 saturated heterocycles. The third-order valence-corrected chi connectivity index (χ3v) is 2.15. The highest BCUT2D eigenvalue weighted by molar-refractivity contribution is 5.96. The van der Waals surface area contributed by atoms with Crippen molar-refractivity contribution in [2.45, 2.75) is 19.8 Å². The summed E-state index contributed by atoms with van der Waals surface area (Å²) in [5, 5.41) is 10.7. The number of nitro groups is 1. The minimum atomic E-state index is -0.572. The zero-order valence-electron chi connectivity index (χ0n) is 8.90. The Labute approximate surface area is 93.4 Å². The maximum Gasteiger partial charge on any atom is 0.285 e. The predicted molar refractivity (Wildman–Crippen MR) is 60.3 cm³/mol. The number of ketones is 1. The second-order valence-electron chi connectivity index (χ2n) is 3.31. The van der Waals surface area contributed by atoms with E-state index in [0.717, 1.165) is 0 Å². The van der Waals surface area contributed by atoms with Gasteiger partial charge in [-0.2, -0.15) is 0 Å². The minimum absolute atomic E-state index is 0.103. The molecule has 1 rings (SSSR count). The van der Waals surface area contributed by atoms with Crippen molar-refractivity contribution in [2.75, 3.05) is 0 Å². The Morgan fingerprint density at radius 2 is 2.25 bits per heavy atom. The van der Waals surface area contributed by atoms with Gasteiger partial charge in [-0.3, -0.25) is 14.9 Å². The Balaban J connectivity index is 3.18. The van der Waals surface area contributed by atoms with Crippen LogP contribution >= 0.6 is 0 Å². The van der Waals surface area contributed by atoms with Crippen LogP contribution in [0.4, 0.5) is 5.69 Å². The number of benzene rings is 1. The van der Waals surface area contributed by atoms with Gasteiger partial charge >= 0.3 is 0 Å². The summed E-state index contributed by atoms with van der Waals surface area (Å²) in [5.74, 6) is 2.12. The quantitative estimate of drug-likeness (QED) is 0.337. The smallest absolute Gasteiger partial charge is 0.285 e. The lowest BCUT2D eigenvalue weighted by Crippen LogP contribution is -2.01. The van der Waals surface area contributed by atoms with Gasteiger partial charge in [-0.15, -0.1) is 6.42 Å². The van der Waals surface area contributed by atoms with Crippen molar-refractivity contribution >= 4 is 11.5 Å². The second kappa shape index (κ2) is 5.08. The molecule has 0 aliphatic carbocycles. The van der Waals surface area contributed by atoms with E-state index in [9.17, 15) is 14.9 Å². The van der Waals surface area contributed by atoms with Crippen LogP contribution in [0.5, 0.6) is 0 Å². The first kappa shape index (κ1) is 11.9. The van der Waals surface area contributed by atoms with Crippen LogP contribution in [0.15, 0.2) is 18.2 Å². The van der Waals surface area contributed by atoms with E-state index in [0.29, 0.717) is 18.4 Å². The van der Waals surface area contributed by atoms with Crippen molar-refractivity contribution in [1.29, 1.82) is 0 Å². The third kappa shape index (κ3) is 2.45. The number of hydrogen-bond acceptors (Lipinski definition) is 3. The molecule has 1 aromatic rings. The molecule has 0 amide bonds. The van der Waals surface area contributed by atoms with Gasteiger partial charge < -0.3 is 0 Å². The monoisotopic (exact) mass is 217 g/mol. The molecule has 4 nitrogen and oxygen atoms in total. The van der Waals surface area contributed by atoms with Gasteiger partial charge in [-0.05, 0) is 18.6 Å². The van der Waals surface area contributed by atoms with Crippen LogP contribution in [0.3, 0.4) is 0 Å². The summed E-state index contributed by atoms with van der Waals surface area (Å²) in [6.45, 7) is 1.88. The highest BCUT2D eigenvalue weighted by Gasteiger charge is 2.15. The van der Waals surface area contributed by atoms with Crippen molar-refractivity contribution in [3.8, 4) is 12.3 Å². The molecule has 16 heavy (non-hydrogen) atoms. The molecule has 0 aliphatic heterocycles. The zero-order chi connectivity index (χ0) is 12.1. The zero-order valence-corrected chi connectivity index (χ0v) is 8.90. The van der Waals surface area contributed by atoms with E-state index in [4.69, 9.17) is 6.42 Å². The van der Waals surface area contributed by atoms with Crippen molar-refractivity contribution in [1.82, 2.24) is 0 Å². The highest BCUT2D eigenvalue weighted by atomic mass is 16.6. The lowest BCUT2D eigenvalue weighted by molar-refractivity contribution is -0.385. The Morgan fingerprint density at radius 1 is 1.56 bits per heavy atom. The third-order valence-electron chi connectivity index (χ3n) is 2.15. The van der Waals surface area contributed by atoms with Crippen molar-refractivity contribution < 1.29 is 9.72 Å². The maximum absolute atomic E-state index is 11.5. The molecule has 0 spiro atoms. The standard InChI is InChI=1S/C12H11NO3/c1-3-5-12(14)10-7-6-9(4-2)11(8-10)13(15)16/h2,6-8H,3,5H2,1H3. The lowest BCUT2D eigenvalue weighted by atomic mass is 10.0. The van der Waals surface area contributed by atoms with Gasteiger partial charge in [0.2, 0.25) is 0 Å². The molecule has 0 radical (unpaired) electrons. The van der Waals surface area contributed by atoms with Gasteiger partial charge in [0.05, 0.1) is 4.92 Å². The average Bonchev–Trinajstić information content (AvgIpc) is 2.28. The molecule has 0 bridgehead atoms. The fourth-order valence-corrected chi connectivity index (χ4v) is 1.35. The van der Waals surface area contributed by atoms with Crippen LogP contribution < -0.4 is 0 Å².